The van der Waals surface area contributed by atoms with Gasteiger partial charge >= 0.3 is 0 Å². The summed E-state index contributed by atoms with van der Waals surface area (Å²) in [5, 5.41) is 0.682. The number of benzene rings is 1. The quantitative estimate of drug-likeness (QED) is 0.726. The van der Waals surface area contributed by atoms with Crippen molar-refractivity contribution in [1.29, 1.82) is 0 Å². The molecule has 1 unspecified atom stereocenters. The van der Waals surface area contributed by atoms with E-state index in [4.69, 9.17) is 18.2 Å². The largest absolute Gasteiger partial charge is 0.342 e. The smallest absolute Gasteiger partial charge is 0.233 e. The molecule has 0 N–H and O–H groups in total. The molecule has 0 saturated carbocycles. The topological polar surface area (TPSA) is 57.9 Å². The lowest BCUT2D eigenvalue weighted by Crippen LogP contribution is -2.40. The van der Waals surface area contributed by atoms with Gasteiger partial charge in [-0.1, -0.05) is 23.7 Å². The van der Waals surface area contributed by atoms with Crippen molar-refractivity contribution in [2.24, 2.45) is 0 Å². The van der Waals surface area contributed by atoms with Crippen molar-refractivity contribution in [1.82, 2.24) is 9.88 Å². The standard InChI is InChI=1S/C19H17ClN4O2S/c1-12(25)23-6-5-19(10-23)11-24(15-4-3-13(21-2)7-14(15)19)18(26)8-17-22-9-16(20)27-17/h3-4,7,9H,5-6,8,10-11H2,1H3. The molecule has 1 spiro atoms. The lowest BCUT2D eigenvalue weighted by molar-refractivity contribution is -0.127. The summed E-state index contributed by atoms with van der Waals surface area (Å²) in [7, 11) is 0. The maximum absolute atomic E-state index is 13.0. The van der Waals surface area contributed by atoms with E-state index >= 15 is 0 Å². The molecular formula is C19H17ClN4O2S. The zero-order valence-electron chi connectivity index (χ0n) is 14.7. The number of carbonyl (C=O) groups is 2. The second-order valence-electron chi connectivity index (χ2n) is 7.00. The third-order valence-corrected chi connectivity index (χ3v) is 6.47. The van der Waals surface area contributed by atoms with E-state index in [2.05, 4.69) is 9.83 Å². The number of anilines is 1. The normalized spacial score (nSPS) is 20.8. The van der Waals surface area contributed by atoms with Crippen LogP contribution in [-0.4, -0.2) is 41.3 Å². The minimum Gasteiger partial charge on any atom is -0.342 e. The molecule has 138 valence electrons. The lowest BCUT2D eigenvalue weighted by atomic mass is 9.81. The van der Waals surface area contributed by atoms with Gasteiger partial charge in [-0.2, -0.15) is 0 Å². The van der Waals surface area contributed by atoms with Gasteiger partial charge in [-0.05, 0) is 18.1 Å². The minimum atomic E-state index is -0.308. The molecule has 2 aromatic rings. The highest BCUT2D eigenvalue weighted by Gasteiger charge is 2.49. The number of halogens is 1. The predicted octanol–water partition coefficient (Wildman–Crippen LogP) is 3.43. The summed E-state index contributed by atoms with van der Waals surface area (Å²) in [6.07, 6.45) is 2.53. The zero-order chi connectivity index (χ0) is 19.2. The van der Waals surface area contributed by atoms with E-state index in [1.807, 2.05) is 17.0 Å². The monoisotopic (exact) mass is 400 g/mol. The number of hydrogen-bond acceptors (Lipinski definition) is 4. The number of hydrogen-bond donors (Lipinski definition) is 0. The molecule has 0 bridgehead atoms. The van der Waals surface area contributed by atoms with Gasteiger partial charge in [-0.25, -0.2) is 9.83 Å². The predicted molar refractivity (Wildman–Crippen MR) is 104 cm³/mol. The van der Waals surface area contributed by atoms with Crippen molar-refractivity contribution >= 4 is 46.1 Å². The highest BCUT2D eigenvalue weighted by atomic mass is 35.5. The average Bonchev–Trinajstić information content (AvgIpc) is 3.34. The van der Waals surface area contributed by atoms with Crippen LogP contribution in [0.4, 0.5) is 11.4 Å². The van der Waals surface area contributed by atoms with E-state index in [1.165, 1.54) is 11.3 Å². The first-order valence-electron chi connectivity index (χ1n) is 8.60. The molecule has 1 aromatic heterocycles. The Labute approximate surface area is 166 Å². The average molecular weight is 401 g/mol. The molecule has 1 aromatic carbocycles. The third-order valence-electron chi connectivity index (χ3n) is 5.36. The van der Waals surface area contributed by atoms with E-state index in [0.717, 1.165) is 17.7 Å². The number of thiazole rings is 1. The van der Waals surface area contributed by atoms with Crippen LogP contribution in [0.15, 0.2) is 24.4 Å². The number of fused-ring (bicyclic) bond motifs is 2. The van der Waals surface area contributed by atoms with Crippen LogP contribution in [0, 0.1) is 6.57 Å². The van der Waals surface area contributed by atoms with Crippen LogP contribution in [0.1, 0.15) is 23.9 Å². The maximum Gasteiger partial charge on any atom is 0.233 e. The van der Waals surface area contributed by atoms with Crippen LogP contribution < -0.4 is 4.90 Å². The summed E-state index contributed by atoms with van der Waals surface area (Å²) in [4.78, 5) is 36.2. The van der Waals surface area contributed by atoms with Gasteiger partial charge in [0.05, 0.1) is 19.2 Å². The van der Waals surface area contributed by atoms with Crippen molar-refractivity contribution < 1.29 is 9.59 Å². The molecule has 8 heteroatoms. The molecule has 3 heterocycles. The van der Waals surface area contributed by atoms with E-state index in [1.54, 1.807) is 24.1 Å². The number of amides is 2. The molecule has 0 radical (unpaired) electrons. The Bertz CT molecular complexity index is 982. The van der Waals surface area contributed by atoms with Crippen LogP contribution in [0.3, 0.4) is 0 Å². The molecule has 2 aliphatic rings. The number of rotatable bonds is 2. The Morgan fingerprint density at radius 2 is 2.22 bits per heavy atom. The van der Waals surface area contributed by atoms with Crippen LogP contribution in [0.25, 0.3) is 4.85 Å². The first kappa shape index (κ1) is 18.0. The van der Waals surface area contributed by atoms with Crippen LogP contribution in [-0.2, 0) is 21.4 Å². The Kier molecular flexibility index (Phi) is 4.41. The summed E-state index contributed by atoms with van der Waals surface area (Å²) in [6.45, 7) is 10.6. The number of likely N-dealkylation sites (tertiary alicyclic amines) is 1. The van der Waals surface area contributed by atoms with Gasteiger partial charge in [-0.15, -0.1) is 11.3 Å². The van der Waals surface area contributed by atoms with E-state index in [-0.39, 0.29) is 23.7 Å². The Hall–Kier alpha value is -2.43. The molecule has 1 saturated heterocycles. The first-order chi connectivity index (χ1) is 12.9. The number of nitrogens with zero attached hydrogens (tertiary/aromatic N) is 4. The third kappa shape index (κ3) is 3.09. The first-order valence-corrected chi connectivity index (χ1v) is 9.79. The molecule has 27 heavy (non-hydrogen) atoms. The maximum atomic E-state index is 13.0. The van der Waals surface area contributed by atoms with Gasteiger partial charge in [-0.3, -0.25) is 9.59 Å². The molecular weight excluding hydrogens is 384 g/mol. The molecule has 0 aliphatic carbocycles. The fourth-order valence-corrected chi connectivity index (χ4v) is 4.98. The van der Waals surface area contributed by atoms with Crippen molar-refractivity contribution in [3.63, 3.8) is 0 Å². The van der Waals surface area contributed by atoms with Gasteiger partial charge in [0.25, 0.3) is 0 Å². The Morgan fingerprint density at radius 1 is 1.41 bits per heavy atom. The van der Waals surface area contributed by atoms with Gasteiger partial charge in [0, 0.05) is 37.7 Å². The van der Waals surface area contributed by atoms with Gasteiger partial charge < -0.3 is 9.80 Å². The van der Waals surface area contributed by atoms with Crippen LogP contribution >= 0.6 is 22.9 Å². The van der Waals surface area contributed by atoms with Crippen LogP contribution in [0.2, 0.25) is 4.34 Å². The summed E-state index contributed by atoms with van der Waals surface area (Å²) < 4.78 is 0.561. The summed E-state index contributed by atoms with van der Waals surface area (Å²) in [5.74, 6) is -0.00654. The summed E-state index contributed by atoms with van der Waals surface area (Å²) >= 11 is 7.23. The molecule has 1 fully saturated rings. The Balaban J connectivity index is 1.69. The molecule has 1 atom stereocenters. The number of carbonyl (C=O) groups excluding carboxylic acids is 2. The van der Waals surface area contributed by atoms with E-state index < -0.39 is 0 Å². The fraction of sp³-hybridized carbons (Fsp3) is 0.368. The van der Waals surface area contributed by atoms with Gasteiger partial charge in [0.15, 0.2) is 5.69 Å². The van der Waals surface area contributed by atoms with Crippen molar-refractivity contribution in [3.8, 4) is 0 Å². The zero-order valence-corrected chi connectivity index (χ0v) is 16.3. The lowest BCUT2D eigenvalue weighted by Gasteiger charge is -2.25. The van der Waals surface area contributed by atoms with E-state index in [9.17, 15) is 9.59 Å². The number of aromatic nitrogens is 1. The Morgan fingerprint density at radius 3 is 2.85 bits per heavy atom. The molecule has 4 rings (SSSR count). The van der Waals surface area contributed by atoms with Crippen molar-refractivity contribution in [2.75, 3.05) is 24.5 Å². The summed E-state index contributed by atoms with van der Waals surface area (Å²) in [6, 6.07) is 5.46. The summed E-state index contributed by atoms with van der Waals surface area (Å²) in [5.41, 5.74) is 2.07. The van der Waals surface area contributed by atoms with Crippen molar-refractivity contribution in [3.05, 3.63) is 50.7 Å². The van der Waals surface area contributed by atoms with Gasteiger partial charge in [0.1, 0.15) is 9.34 Å². The molecule has 6 nitrogen and oxygen atoms in total. The second-order valence-corrected chi connectivity index (χ2v) is 8.75. The van der Waals surface area contributed by atoms with Crippen molar-refractivity contribution in [2.45, 2.75) is 25.2 Å². The highest BCUT2D eigenvalue weighted by Crippen LogP contribution is 2.48. The minimum absolute atomic E-state index is 0.0389. The second kappa shape index (κ2) is 6.63. The van der Waals surface area contributed by atoms with Gasteiger partial charge in [0.2, 0.25) is 11.8 Å². The van der Waals surface area contributed by atoms with E-state index in [0.29, 0.717) is 34.7 Å². The molecule has 2 aliphatic heterocycles. The van der Waals surface area contributed by atoms with Crippen LogP contribution in [0.5, 0.6) is 0 Å². The molecule has 2 amide bonds. The highest BCUT2D eigenvalue weighted by molar-refractivity contribution is 7.15. The fourth-order valence-electron chi connectivity index (χ4n) is 4.03. The SMILES string of the molecule is [C-]#[N+]c1ccc2c(c1)C1(CCN(C(C)=O)C1)CN2C(=O)Cc1ncc(Cl)s1.